The molecule has 2 rings (SSSR count). The summed E-state index contributed by atoms with van der Waals surface area (Å²) < 4.78 is 9.66. The zero-order chi connectivity index (χ0) is 15.2. The summed E-state index contributed by atoms with van der Waals surface area (Å²) in [6, 6.07) is 5.67. The lowest BCUT2D eigenvalue weighted by Crippen LogP contribution is -2.01. The fraction of sp³-hybridized carbons (Fsp3) is 0.0667. The minimum absolute atomic E-state index is 0.247. The molecule has 2 aromatic rings. The molecule has 2 N–H and O–H groups in total. The minimum atomic E-state index is -0.400. The van der Waals surface area contributed by atoms with Crippen LogP contribution in [0.3, 0.4) is 0 Å². The quantitative estimate of drug-likeness (QED) is 0.625. The van der Waals surface area contributed by atoms with Gasteiger partial charge in [0, 0.05) is 12.1 Å². The fourth-order valence-corrected chi connectivity index (χ4v) is 1.50. The van der Waals surface area contributed by atoms with E-state index in [1.165, 1.54) is 48.6 Å². The molecule has 21 heavy (non-hydrogen) atoms. The van der Waals surface area contributed by atoms with Gasteiger partial charge in [-0.25, -0.2) is 0 Å². The van der Waals surface area contributed by atoms with Gasteiger partial charge in [0.1, 0.15) is 11.5 Å². The number of carbonyl (C=O) groups excluding carboxylic acids is 2. The molecule has 0 atom stereocenters. The van der Waals surface area contributed by atoms with Gasteiger partial charge >= 0.3 is 0 Å². The first kappa shape index (κ1) is 14.4. The second kappa shape index (κ2) is 6.42. The number of aromatic hydroxyl groups is 2. The molecule has 0 bridgehead atoms. The van der Waals surface area contributed by atoms with Gasteiger partial charge in [-0.3, -0.25) is 9.59 Å². The van der Waals surface area contributed by atoms with Gasteiger partial charge in [-0.15, -0.1) is 0 Å². The van der Waals surface area contributed by atoms with Crippen molar-refractivity contribution in [2.45, 2.75) is 6.42 Å². The molecule has 0 unspecified atom stereocenters. The first-order valence-electron chi connectivity index (χ1n) is 6.02. The molecule has 0 aromatic carbocycles. The minimum Gasteiger partial charge on any atom is -0.481 e. The molecule has 0 radical (unpaired) electrons. The van der Waals surface area contributed by atoms with Crippen molar-refractivity contribution >= 4 is 23.7 Å². The van der Waals surface area contributed by atoms with E-state index in [4.69, 9.17) is 19.0 Å². The summed E-state index contributed by atoms with van der Waals surface area (Å²) in [5.74, 6) is -0.666. The molecule has 0 amide bonds. The Hall–Kier alpha value is -3.02. The van der Waals surface area contributed by atoms with Crippen LogP contribution in [0.5, 0.6) is 11.9 Å². The molecule has 0 saturated heterocycles. The van der Waals surface area contributed by atoms with Gasteiger partial charge in [-0.1, -0.05) is 0 Å². The number of hydrogen-bond donors (Lipinski definition) is 2. The average molecular weight is 288 g/mol. The smallest absolute Gasteiger partial charge is 0.282 e. The van der Waals surface area contributed by atoms with Crippen LogP contribution in [0.2, 0.25) is 0 Å². The van der Waals surface area contributed by atoms with E-state index in [0.717, 1.165) is 0 Å². The van der Waals surface area contributed by atoms with Gasteiger partial charge in [0.15, 0.2) is 11.6 Å². The number of hydrogen-bond acceptors (Lipinski definition) is 6. The first-order valence-corrected chi connectivity index (χ1v) is 6.02. The van der Waals surface area contributed by atoms with Crippen molar-refractivity contribution in [3.8, 4) is 11.9 Å². The lowest BCUT2D eigenvalue weighted by molar-refractivity contribution is -0.121. The van der Waals surface area contributed by atoms with Gasteiger partial charge in [0.05, 0.1) is 6.42 Å². The molecule has 2 aromatic heterocycles. The summed E-state index contributed by atoms with van der Waals surface area (Å²) >= 11 is 0. The zero-order valence-corrected chi connectivity index (χ0v) is 10.9. The van der Waals surface area contributed by atoms with Crippen molar-refractivity contribution in [3.63, 3.8) is 0 Å². The number of carbonyl (C=O) groups is 2. The van der Waals surface area contributed by atoms with Crippen molar-refractivity contribution in [2.24, 2.45) is 0 Å². The van der Waals surface area contributed by atoms with Gasteiger partial charge < -0.3 is 19.0 Å². The highest BCUT2D eigenvalue weighted by atomic mass is 16.5. The highest BCUT2D eigenvalue weighted by Gasteiger charge is 2.05. The summed E-state index contributed by atoms with van der Waals surface area (Å²) in [5, 5.41) is 17.9. The molecule has 6 nitrogen and oxygen atoms in total. The van der Waals surface area contributed by atoms with E-state index in [-0.39, 0.29) is 18.3 Å². The van der Waals surface area contributed by atoms with Crippen molar-refractivity contribution in [1.82, 2.24) is 0 Å². The molecule has 0 aliphatic carbocycles. The normalized spacial score (nSPS) is 11.4. The number of ketones is 2. The Labute approximate surface area is 119 Å². The Morgan fingerprint density at radius 2 is 1.29 bits per heavy atom. The van der Waals surface area contributed by atoms with Crippen LogP contribution >= 0.6 is 0 Å². The maximum Gasteiger partial charge on any atom is 0.282 e. The Morgan fingerprint density at radius 3 is 1.62 bits per heavy atom. The van der Waals surface area contributed by atoms with Crippen LogP contribution < -0.4 is 0 Å². The third-order valence-electron chi connectivity index (χ3n) is 2.44. The zero-order valence-electron chi connectivity index (χ0n) is 10.9. The maximum atomic E-state index is 11.5. The average Bonchev–Trinajstić information content (AvgIpc) is 3.03. The van der Waals surface area contributed by atoms with E-state index in [1.807, 2.05) is 0 Å². The third-order valence-corrected chi connectivity index (χ3v) is 2.44. The van der Waals surface area contributed by atoms with E-state index in [2.05, 4.69) is 0 Å². The monoisotopic (exact) mass is 288 g/mol. The predicted octanol–water partition coefficient (Wildman–Crippen LogP) is 2.54. The standard InChI is InChI=1S/C15H12O6/c16-10(1-3-12-5-7-14(18)20-12)9-11(17)2-4-13-6-8-15(19)21-13/h1-8,18-19H,9H2. The van der Waals surface area contributed by atoms with Crippen molar-refractivity contribution in [2.75, 3.05) is 0 Å². The summed E-state index contributed by atoms with van der Waals surface area (Å²) in [4.78, 5) is 23.1. The van der Waals surface area contributed by atoms with E-state index < -0.39 is 11.6 Å². The van der Waals surface area contributed by atoms with Crippen molar-refractivity contribution < 1.29 is 28.6 Å². The van der Waals surface area contributed by atoms with E-state index in [0.29, 0.717) is 11.5 Å². The summed E-state index contributed by atoms with van der Waals surface area (Å²) in [7, 11) is 0. The summed E-state index contributed by atoms with van der Waals surface area (Å²) in [5.41, 5.74) is 0. The predicted molar refractivity (Wildman–Crippen MR) is 73.4 cm³/mol. The molecular formula is C15H12O6. The molecular weight excluding hydrogens is 276 g/mol. The Morgan fingerprint density at radius 1 is 0.857 bits per heavy atom. The fourth-order valence-electron chi connectivity index (χ4n) is 1.50. The second-order valence-electron chi connectivity index (χ2n) is 4.13. The molecule has 0 aliphatic rings. The van der Waals surface area contributed by atoms with E-state index >= 15 is 0 Å². The highest BCUT2D eigenvalue weighted by molar-refractivity contribution is 6.10. The molecule has 0 fully saturated rings. The Bertz CT molecular complexity index is 641. The molecule has 6 heteroatoms. The lowest BCUT2D eigenvalue weighted by Gasteiger charge is -1.90. The number of furan rings is 2. The largest absolute Gasteiger partial charge is 0.481 e. The molecule has 2 heterocycles. The number of allylic oxidation sites excluding steroid dienone is 2. The van der Waals surface area contributed by atoms with Crippen LogP contribution in [0.15, 0.2) is 45.3 Å². The van der Waals surface area contributed by atoms with Crippen LogP contribution in [0, 0.1) is 0 Å². The molecule has 0 spiro atoms. The van der Waals surface area contributed by atoms with Crippen LogP contribution in [0.1, 0.15) is 17.9 Å². The van der Waals surface area contributed by atoms with Crippen molar-refractivity contribution in [3.05, 3.63) is 47.9 Å². The van der Waals surface area contributed by atoms with Gasteiger partial charge in [0.2, 0.25) is 0 Å². The Balaban J connectivity index is 1.86. The van der Waals surface area contributed by atoms with Crippen LogP contribution in [0.4, 0.5) is 0 Å². The van der Waals surface area contributed by atoms with Crippen LogP contribution in [-0.2, 0) is 9.59 Å². The van der Waals surface area contributed by atoms with Crippen molar-refractivity contribution in [1.29, 1.82) is 0 Å². The number of rotatable bonds is 6. The Kier molecular flexibility index (Phi) is 4.40. The molecule has 0 saturated carbocycles. The second-order valence-corrected chi connectivity index (χ2v) is 4.13. The van der Waals surface area contributed by atoms with Gasteiger partial charge in [-0.2, -0.15) is 0 Å². The van der Waals surface area contributed by atoms with Gasteiger partial charge in [0.25, 0.3) is 11.9 Å². The molecule has 0 aliphatic heterocycles. The molecule has 108 valence electrons. The topological polar surface area (TPSA) is 101 Å². The summed E-state index contributed by atoms with van der Waals surface area (Å²) in [6.07, 6.45) is 4.82. The maximum absolute atomic E-state index is 11.5. The van der Waals surface area contributed by atoms with Crippen LogP contribution in [-0.4, -0.2) is 21.8 Å². The van der Waals surface area contributed by atoms with E-state index in [9.17, 15) is 9.59 Å². The SMILES string of the molecule is O=C(C=Cc1ccc(O)o1)CC(=O)C=Cc1ccc(O)o1. The summed E-state index contributed by atoms with van der Waals surface area (Å²) in [6.45, 7) is 0. The highest BCUT2D eigenvalue weighted by Crippen LogP contribution is 2.15. The van der Waals surface area contributed by atoms with Crippen LogP contribution in [0.25, 0.3) is 12.2 Å². The third kappa shape index (κ3) is 4.54. The first-order chi connectivity index (χ1) is 10.0. The lowest BCUT2D eigenvalue weighted by atomic mass is 10.1. The van der Waals surface area contributed by atoms with E-state index in [1.54, 1.807) is 0 Å². The van der Waals surface area contributed by atoms with Gasteiger partial charge in [-0.05, 0) is 36.4 Å².